The Labute approximate surface area is 130 Å². The van der Waals surface area contributed by atoms with Crippen molar-refractivity contribution in [1.82, 2.24) is 10.2 Å². The van der Waals surface area contributed by atoms with Crippen molar-refractivity contribution in [3.63, 3.8) is 0 Å². The van der Waals surface area contributed by atoms with Gasteiger partial charge in [-0.1, -0.05) is 44.5 Å². The summed E-state index contributed by atoms with van der Waals surface area (Å²) < 4.78 is 0. The first-order chi connectivity index (χ1) is 10.2. The Balaban J connectivity index is 1.86. The maximum Gasteiger partial charge on any atom is 0.0294 e. The van der Waals surface area contributed by atoms with Crippen LogP contribution >= 0.6 is 0 Å². The fourth-order valence-electron chi connectivity index (χ4n) is 3.28. The summed E-state index contributed by atoms with van der Waals surface area (Å²) in [6.07, 6.45) is 6.42. The van der Waals surface area contributed by atoms with Gasteiger partial charge >= 0.3 is 0 Å². The maximum atomic E-state index is 3.82. The molecule has 118 valence electrons. The van der Waals surface area contributed by atoms with E-state index in [4.69, 9.17) is 0 Å². The SMILES string of the molecule is CCCCc1ccc(C(C)NC2CCCN(CC)C2)cc1. The molecule has 1 aliphatic heterocycles. The molecule has 1 aromatic rings. The third kappa shape index (κ3) is 5.12. The van der Waals surface area contributed by atoms with Gasteiger partial charge in [0.1, 0.15) is 0 Å². The molecule has 2 nitrogen and oxygen atoms in total. The molecule has 0 aliphatic carbocycles. The van der Waals surface area contributed by atoms with Crippen LogP contribution in [0.15, 0.2) is 24.3 Å². The highest BCUT2D eigenvalue weighted by Gasteiger charge is 2.20. The molecule has 1 saturated heterocycles. The van der Waals surface area contributed by atoms with Gasteiger partial charge in [0, 0.05) is 18.6 Å². The van der Waals surface area contributed by atoms with E-state index in [1.54, 1.807) is 0 Å². The molecule has 2 atom stereocenters. The average molecular weight is 288 g/mol. The minimum atomic E-state index is 0.451. The quantitative estimate of drug-likeness (QED) is 0.810. The summed E-state index contributed by atoms with van der Waals surface area (Å²) in [7, 11) is 0. The molecule has 1 heterocycles. The predicted molar refractivity (Wildman–Crippen MR) is 91.7 cm³/mol. The molecule has 2 rings (SSSR count). The highest BCUT2D eigenvalue weighted by Crippen LogP contribution is 2.18. The lowest BCUT2D eigenvalue weighted by atomic mass is 10.0. The Bertz CT molecular complexity index is 399. The molecule has 1 fully saturated rings. The highest BCUT2D eigenvalue weighted by molar-refractivity contribution is 5.25. The fourth-order valence-corrected chi connectivity index (χ4v) is 3.28. The van der Waals surface area contributed by atoms with Gasteiger partial charge in [0.25, 0.3) is 0 Å². The van der Waals surface area contributed by atoms with Gasteiger partial charge in [-0.3, -0.25) is 0 Å². The van der Waals surface area contributed by atoms with Crippen LogP contribution in [0.3, 0.4) is 0 Å². The molecule has 0 bridgehead atoms. The average Bonchev–Trinajstić information content (AvgIpc) is 2.53. The number of hydrogen-bond donors (Lipinski definition) is 1. The van der Waals surface area contributed by atoms with Crippen LogP contribution in [0.1, 0.15) is 63.6 Å². The van der Waals surface area contributed by atoms with Crippen molar-refractivity contribution in [2.45, 2.75) is 65.0 Å². The second-order valence-electron chi connectivity index (χ2n) is 6.47. The monoisotopic (exact) mass is 288 g/mol. The second-order valence-corrected chi connectivity index (χ2v) is 6.47. The summed E-state index contributed by atoms with van der Waals surface area (Å²) in [5.74, 6) is 0. The number of aryl methyl sites for hydroxylation is 1. The number of nitrogens with one attached hydrogen (secondary N) is 1. The number of nitrogens with zero attached hydrogens (tertiary/aromatic N) is 1. The summed E-state index contributed by atoms with van der Waals surface area (Å²) in [4.78, 5) is 2.56. The molecular formula is C19H32N2. The van der Waals surface area contributed by atoms with Crippen molar-refractivity contribution < 1.29 is 0 Å². The lowest BCUT2D eigenvalue weighted by Gasteiger charge is -2.34. The zero-order valence-electron chi connectivity index (χ0n) is 14.1. The van der Waals surface area contributed by atoms with Gasteiger partial charge in [-0.05, 0) is 56.8 Å². The zero-order chi connectivity index (χ0) is 15.1. The number of unbranched alkanes of at least 4 members (excludes halogenated alkanes) is 1. The second kappa shape index (κ2) is 8.55. The van der Waals surface area contributed by atoms with Crippen LogP contribution in [0.4, 0.5) is 0 Å². The standard InChI is InChI=1S/C19H32N2/c1-4-6-8-17-10-12-18(13-11-17)16(3)20-19-9-7-14-21(5-2)15-19/h10-13,16,19-20H,4-9,14-15H2,1-3H3. The largest absolute Gasteiger partial charge is 0.306 e. The first-order valence-electron chi connectivity index (χ1n) is 8.80. The summed E-state index contributed by atoms with van der Waals surface area (Å²) in [5, 5.41) is 3.82. The molecule has 0 spiro atoms. The lowest BCUT2D eigenvalue weighted by Crippen LogP contribution is -2.46. The van der Waals surface area contributed by atoms with Gasteiger partial charge in [0.05, 0.1) is 0 Å². The first-order valence-corrected chi connectivity index (χ1v) is 8.80. The Kier molecular flexibility index (Phi) is 6.72. The molecule has 2 unspecified atom stereocenters. The van der Waals surface area contributed by atoms with Gasteiger partial charge in [0.15, 0.2) is 0 Å². The van der Waals surface area contributed by atoms with Crippen LogP contribution in [-0.2, 0) is 6.42 Å². The third-order valence-electron chi connectivity index (χ3n) is 4.74. The van der Waals surface area contributed by atoms with E-state index in [0.717, 1.165) is 0 Å². The summed E-state index contributed by atoms with van der Waals surface area (Å²) in [6.45, 7) is 10.5. The molecule has 1 aliphatic rings. The van der Waals surface area contributed by atoms with E-state index in [1.807, 2.05) is 0 Å². The van der Waals surface area contributed by atoms with E-state index in [1.165, 1.54) is 62.9 Å². The van der Waals surface area contributed by atoms with Crippen LogP contribution in [0.25, 0.3) is 0 Å². The van der Waals surface area contributed by atoms with Crippen molar-refractivity contribution in [3.8, 4) is 0 Å². The fraction of sp³-hybridized carbons (Fsp3) is 0.684. The third-order valence-corrected chi connectivity index (χ3v) is 4.74. The first kappa shape index (κ1) is 16.5. The molecule has 1 N–H and O–H groups in total. The molecule has 2 heteroatoms. The smallest absolute Gasteiger partial charge is 0.0294 e. The van der Waals surface area contributed by atoms with Crippen LogP contribution in [0.2, 0.25) is 0 Å². The van der Waals surface area contributed by atoms with E-state index in [2.05, 4.69) is 55.3 Å². The minimum Gasteiger partial charge on any atom is -0.306 e. The summed E-state index contributed by atoms with van der Waals surface area (Å²) in [6, 6.07) is 10.3. The van der Waals surface area contributed by atoms with Gasteiger partial charge in [-0.25, -0.2) is 0 Å². The van der Waals surface area contributed by atoms with Crippen LogP contribution in [0, 0.1) is 0 Å². The summed E-state index contributed by atoms with van der Waals surface area (Å²) in [5.41, 5.74) is 2.89. The van der Waals surface area contributed by atoms with Crippen LogP contribution < -0.4 is 5.32 Å². The van der Waals surface area contributed by atoms with Gasteiger partial charge in [0.2, 0.25) is 0 Å². The Hall–Kier alpha value is -0.860. The molecule has 0 radical (unpaired) electrons. The van der Waals surface area contributed by atoms with E-state index < -0.39 is 0 Å². The topological polar surface area (TPSA) is 15.3 Å². The zero-order valence-corrected chi connectivity index (χ0v) is 14.1. The molecule has 0 saturated carbocycles. The highest BCUT2D eigenvalue weighted by atomic mass is 15.2. The van der Waals surface area contributed by atoms with E-state index in [-0.39, 0.29) is 0 Å². The van der Waals surface area contributed by atoms with Crippen LogP contribution in [-0.4, -0.2) is 30.6 Å². The van der Waals surface area contributed by atoms with E-state index >= 15 is 0 Å². The van der Waals surface area contributed by atoms with Crippen molar-refractivity contribution in [3.05, 3.63) is 35.4 Å². The van der Waals surface area contributed by atoms with Gasteiger partial charge in [-0.2, -0.15) is 0 Å². The number of likely N-dealkylation sites (tertiary alicyclic amines) is 1. The lowest BCUT2D eigenvalue weighted by molar-refractivity contribution is 0.192. The number of hydrogen-bond acceptors (Lipinski definition) is 2. The summed E-state index contributed by atoms with van der Waals surface area (Å²) >= 11 is 0. The van der Waals surface area contributed by atoms with Crippen LogP contribution in [0.5, 0.6) is 0 Å². The molecular weight excluding hydrogens is 256 g/mol. The molecule has 0 aromatic heterocycles. The molecule has 0 amide bonds. The van der Waals surface area contributed by atoms with Crippen molar-refractivity contribution in [1.29, 1.82) is 0 Å². The number of rotatable bonds is 7. The normalized spacial score (nSPS) is 21.4. The van der Waals surface area contributed by atoms with Crippen molar-refractivity contribution >= 4 is 0 Å². The number of benzene rings is 1. The van der Waals surface area contributed by atoms with Crippen molar-refractivity contribution in [2.24, 2.45) is 0 Å². The van der Waals surface area contributed by atoms with E-state index in [9.17, 15) is 0 Å². The number of piperidine rings is 1. The predicted octanol–water partition coefficient (Wildman–Crippen LogP) is 4.16. The Morgan fingerprint density at radius 3 is 2.67 bits per heavy atom. The van der Waals surface area contributed by atoms with Crippen molar-refractivity contribution in [2.75, 3.05) is 19.6 Å². The minimum absolute atomic E-state index is 0.451. The maximum absolute atomic E-state index is 3.82. The Morgan fingerprint density at radius 1 is 1.24 bits per heavy atom. The Morgan fingerprint density at radius 2 is 2.00 bits per heavy atom. The molecule has 1 aromatic carbocycles. The van der Waals surface area contributed by atoms with Gasteiger partial charge < -0.3 is 10.2 Å². The van der Waals surface area contributed by atoms with E-state index in [0.29, 0.717) is 12.1 Å². The molecule has 21 heavy (non-hydrogen) atoms. The number of likely N-dealkylation sites (N-methyl/N-ethyl adjacent to an activating group) is 1. The van der Waals surface area contributed by atoms with Gasteiger partial charge in [-0.15, -0.1) is 0 Å².